The van der Waals surface area contributed by atoms with Crippen LogP contribution in [0.2, 0.25) is 10.0 Å². The van der Waals surface area contributed by atoms with Crippen LogP contribution in [0, 0.1) is 0 Å². The Kier molecular flexibility index (Phi) is 5.39. The Morgan fingerprint density at radius 1 is 1.25 bits per heavy atom. The molecule has 2 nitrogen and oxygen atoms in total. The molecule has 0 aliphatic heterocycles. The van der Waals surface area contributed by atoms with Crippen LogP contribution in [-0.2, 0) is 11.3 Å². The van der Waals surface area contributed by atoms with Gasteiger partial charge in [0.15, 0.2) is 0 Å². The van der Waals surface area contributed by atoms with E-state index in [0.717, 1.165) is 5.56 Å². The molecule has 0 saturated heterocycles. The van der Waals surface area contributed by atoms with Gasteiger partial charge in [-0.15, -0.1) is 11.6 Å². The van der Waals surface area contributed by atoms with Crippen molar-refractivity contribution in [3.8, 4) is 0 Å². The lowest BCUT2D eigenvalue weighted by atomic mass is 10.2. The van der Waals surface area contributed by atoms with Crippen molar-refractivity contribution in [3.63, 3.8) is 0 Å². The van der Waals surface area contributed by atoms with Crippen molar-refractivity contribution in [1.82, 2.24) is 4.90 Å². The number of alkyl halides is 1. The SMILES string of the molecule is CN(Cc1cc(Cl)cc(Cl)c1)C(=O)CCCl. The largest absolute Gasteiger partial charge is 0.341 e. The highest BCUT2D eigenvalue weighted by Crippen LogP contribution is 2.20. The normalized spacial score (nSPS) is 10.2. The fourth-order valence-corrected chi connectivity index (χ4v) is 2.07. The third-order valence-corrected chi connectivity index (χ3v) is 2.70. The zero-order valence-corrected chi connectivity index (χ0v) is 11.1. The lowest BCUT2D eigenvalue weighted by Crippen LogP contribution is -2.26. The average Bonchev–Trinajstić information content (AvgIpc) is 2.16. The van der Waals surface area contributed by atoms with Crippen molar-refractivity contribution < 1.29 is 4.79 Å². The van der Waals surface area contributed by atoms with Crippen LogP contribution in [0.4, 0.5) is 0 Å². The molecule has 0 N–H and O–H groups in total. The van der Waals surface area contributed by atoms with Gasteiger partial charge in [0, 0.05) is 35.9 Å². The van der Waals surface area contributed by atoms with E-state index >= 15 is 0 Å². The van der Waals surface area contributed by atoms with Gasteiger partial charge in [-0.1, -0.05) is 23.2 Å². The summed E-state index contributed by atoms with van der Waals surface area (Å²) in [6, 6.07) is 5.24. The number of halogens is 3. The Morgan fingerprint density at radius 2 is 1.81 bits per heavy atom. The first kappa shape index (κ1) is 13.6. The fourth-order valence-electron chi connectivity index (χ4n) is 1.34. The highest BCUT2D eigenvalue weighted by Gasteiger charge is 2.09. The fraction of sp³-hybridized carbons (Fsp3) is 0.364. The minimum atomic E-state index is 0.00565. The summed E-state index contributed by atoms with van der Waals surface area (Å²) in [6.45, 7) is 0.482. The molecule has 0 atom stereocenters. The van der Waals surface area contributed by atoms with E-state index in [0.29, 0.717) is 28.9 Å². The summed E-state index contributed by atoms with van der Waals surface area (Å²) < 4.78 is 0. The molecule has 0 unspecified atom stereocenters. The Labute approximate surface area is 110 Å². The summed E-state index contributed by atoms with van der Waals surface area (Å²) in [5.41, 5.74) is 0.905. The second kappa shape index (κ2) is 6.33. The van der Waals surface area contributed by atoms with Crippen LogP contribution >= 0.6 is 34.8 Å². The van der Waals surface area contributed by atoms with Gasteiger partial charge in [-0.05, 0) is 23.8 Å². The monoisotopic (exact) mass is 279 g/mol. The van der Waals surface area contributed by atoms with Crippen LogP contribution in [0.25, 0.3) is 0 Å². The predicted octanol–water partition coefficient (Wildman–Crippen LogP) is 3.58. The topological polar surface area (TPSA) is 20.3 Å². The minimum absolute atomic E-state index is 0.00565. The van der Waals surface area contributed by atoms with E-state index in [1.165, 1.54) is 0 Å². The van der Waals surface area contributed by atoms with Crippen LogP contribution in [-0.4, -0.2) is 23.7 Å². The number of carbonyl (C=O) groups is 1. The molecule has 0 aromatic heterocycles. The molecular formula is C11H12Cl3NO. The lowest BCUT2D eigenvalue weighted by molar-refractivity contribution is -0.129. The van der Waals surface area contributed by atoms with E-state index in [1.54, 1.807) is 30.1 Å². The van der Waals surface area contributed by atoms with Crippen LogP contribution < -0.4 is 0 Å². The van der Waals surface area contributed by atoms with Gasteiger partial charge in [-0.2, -0.15) is 0 Å². The number of nitrogens with zero attached hydrogens (tertiary/aromatic N) is 1. The molecule has 5 heteroatoms. The molecule has 0 aliphatic carbocycles. The molecule has 0 radical (unpaired) electrons. The number of carbonyl (C=O) groups excluding carboxylic acids is 1. The van der Waals surface area contributed by atoms with Crippen molar-refractivity contribution in [3.05, 3.63) is 33.8 Å². The molecule has 1 aromatic carbocycles. The summed E-state index contributed by atoms with van der Waals surface area (Å²) in [5, 5.41) is 1.14. The second-order valence-corrected chi connectivity index (χ2v) is 4.72. The maximum atomic E-state index is 11.5. The molecule has 0 spiro atoms. The van der Waals surface area contributed by atoms with Crippen LogP contribution in [0.5, 0.6) is 0 Å². The third-order valence-electron chi connectivity index (χ3n) is 2.08. The maximum Gasteiger partial charge on any atom is 0.223 e. The third kappa shape index (κ3) is 4.20. The first-order valence-corrected chi connectivity index (χ1v) is 6.07. The summed E-state index contributed by atoms with van der Waals surface area (Å²) >= 11 is 17.2. The quantitative estimate of drug-likeness (QED) is 0.772. The highest BCUT2D eigenvalue weighted by molar-refractivity contribution is 6.34. The second-order valence-electron chi connectivity index (χ2n) is 3.47. The van der Waals surface area contributed by atoms with Crippen LogP contribution in [0.15, 0.2) is 18.2 Å². The number of amides is 1. The number of hydrogen-bond donors (Lipinski definition) is 0. The molecule has 0 bridgehead atoms. The molecule has 1 amide bonds. The van der Waals surface area contributed by atoms with Gasteiger partial charge in [-0.25, -0.2) is 0 Å². The smallest absolute Gasteiger partial charge is 0.223 e. The summed E-state index contributed by atoms with van der Waals surface area (Å²) in [6.07, 6.45) is 0.340. The van der Waals surface area contributed by atoms with Crippen LogP contribution in [0.3, 0.4) is 0 Å². The van der Waals surface area contributed by atoms with E-state index in [2.05, 4.69) is 0 Å². The van der Waals surface area contributed by atoms with E-state index in [9.17, 15) is 4.79 Å². The van der Waals surface area contributed by atoms with Gasteiger partial charge in [0.25, 0.3) is 0 Å². The molecular weight excluding hydrogens is 268 g/mol. The minimum Gasteiger partial charge on any atom is -0.341 e. The van der Waals surface area contributed by atoms with Crippen LogP contribution in [0.1, 0.15) is 12.0 Å². The van der Waals surface area contributed by atoms with Crippen molar-refractivity contribution in [2.75, 3.05) is 12.9 Å². The molecule has 0 fully saturated rings. The first-order chi connectivity index (χ1) is 7.52. The van der Waals surface area contributed by atoms with Gasteiger partial charge < -0.3 is 4.90 Å². The lowest BCUT2D eigenvalue weighted by Gasteiger charge is -2.17. The maximum absolute atomic E-state index is 11.5. The Morgan fingerprint density at radius 3 is 2.31 bits per heavy atom. The molecule has 16 heavy (non-hydrogen) atoms. The summed E-state index contributed by atoms with van der Waals surface area (Å²) in [7, 11) is 1.73. The molecule has 0 saturated carbocycles. The van der Waals surface area contributed by atoms with Gasteiger partial charge >= 0.3 is 0 Å². The van der Waals surface area contributed by atoms with E-state index in [1.807, 2.05) is 0 Å². The summed E-state index contributed by atoms with van der Waals surface area (Å²) in [5.74, 6) is 0.338. The van der Waals surface area contributed by atoms with E-state index in [4.69, 9.17) is 34.8 Å². The van der Waals surface area contributed by atoms with E-state index in [-0.39, 0.29) is 5.91 Å². The Bertz CT molecular complexity index is 361. The zero-order valence-electron chi connectivity index (χ0n) is 8.84. The molecule has 0 heterocycles. The standard InChI is InChI=1S/C11H12Cl3NO/c1-15(11(16)2-3-12)7-8-4-9(13)6-10(14)5-8/h4-6H,2-3,7H2,1H3. The highest BCUT2D eigenvalue weighted by atomic mass is 35.5. The van der Waals surface area contributed by atoms with Crippen molar-refractivity contribution in [2.24, 2.45) is 0 Å². The van der Waals surface area contributed by atoms with Crippen molar-refractivity contribution in [1.29, 1.82) is 0 Å². The molecule has 1 rings (SSSR count). The van der Waals surface area contributed by atoms with Gasteiger partial charge in [0.1, 0.15) is 0 Å². The number of rotatable bonds is 4. The Hall–Kier alpha value is -0.440. The van der Waals surface area contributed by atoms with Crippen molar-refractivity contribution >= 4 is 40.7 Å². The van der Waals surface area contributed by atoms with Gasteiger partial charge in [-0.3, -0.25) is 4.79 Å². The number of hydrogen-bond acceptors (Lipinski definition) is 1. The van der Waals surface area contributed by atoms with Gasteiger partial charge in [0.2, 0.25) is 5.91 Å². The number of benzene rings is 1. The Balaban J connectivity index is 2.69. The predicted molar refractivity (Wildman–Crippen MR) is 68.3 cm³/mol. The zero-order chi connectivity index (χ0) is 12.1. The van der Waals surface area contributed by atoms with E-state index < -0.39 is 0 Å². The average molecular weight is 281 g/mol. The molecule has 1 aromatic rings. The molecule has 88 valence electrons. The molecule has 0 aliphatic rings. The van der Waals surface area contributed by atoms with Gasteiger partial charge in [0.05, 0.1) is 0 Å². The van der Waals surface area contributed by atoms with Crippen molar-refractivity contribution in [2.45, 2.75) is 13.0 Å². The first-order valence-electron chi connectivity index (χ1n) is 4.78. The summed E-state index contributed by atoms with van der Waals surface area (Å²) in [4.78, 5) is 13.1.